The molecular weight excluding hydrogens is 440 g/mol. The second-order valence-electron chi connectivity index (χ2n) is 9.13. The van der Waals surface area contributed by atoms with E-state index in [0.29, 0.717) is 29.0 Å². The maximum absolute atomic E-state index is 14.3. The third kappa shape index (κ3) is 3.08. The van der Waals surface area contributed by atoms with E-state index < -0.39 is 5.82 Å². The van der Waals surface area contributed by atoms with Crippen molar-refractivity contribution in [3.8, 4) is 11.3 Å². The largest absolute Gasteiger partial charge is 0.342 e. The van der Waals surface area contributed by atoms with Crippen LogP contribution >= 0.6 is 0 Å². The van der Waals surface area contributed by atoms with Crippen molar-refractivity contribution >= 4 is 22.9 Å². The van der Waals surface area contributed by atoms with Gasteiger partial charge in [-0.3, -0.25) is 14.3 Å². The van der Waals surface area contributed by atoms with Crippen LogP contribution in [0.5, 0.6) is 0 Å². The number of rotatable bonds is 4. The number of imidazole rings is 1. The second-order valence-corrected chi connectivity index (χ2v) is 9.13. The standard InChI is InChI=1S/C24H23F2N7O/c1-30-20-5-4-13(25)8-19(20)29-24(30)33-11-15-16(12-33)22(15)32(3)23-28-18(9-21(34)31(23)2)14-6-7-27-10-17(14)26/h4-10,15-16,22H,11-12H2,1-3H3/t15-,16+,22?. The zero-order chi connectivity index (χ0) is 23.7. The predicted octanol–water partition coefficient (Wildman–Crippen LogP) is 2.58. The maximum Gasteiger partial charge on any atom is 0.255 e. The average Bonchev–Trinajstić information content (AvgIpc) is 3.14. The average molecular weight is 463 g/mol. The molecule has 1 saturated heterocycles. The Morgan fingerprint density at radius 3 is 2.53 bits per heavy atom. The number of fused-ring (bicyclic) bond motifs is 2. The molecule has 2 aliphatic rings. The summed E-state index contributed by atoms with van der Waals surface area (Å²) in [6.07, 6.45) is 2.60. The summed E-state index contributed by atoms with van der Waals surface area (Å²) >= 11 is 0. The van der Waals surface area contributed by atoms with Gasteiger partial charge >= 0.3 is 0 Å². The fraction of sp³-hybridized carbons (Fsp3) is 0.333. The van der Waals surface area contributed by atoms with Crippen molar-refractivity contribution in [3.05, 3.63) is 64.7 Å². The molecule has 3 atom stereocenters. The fourth-order valence-corrected chi connectivity index (χ4v) is 5.37. The lowest BCUT2D eigenvalue weighted by Gasteiger charge is -2.26. The third-order valence-corrected chi connectivity index (χ3v) is 7.17. The smallest absolute Gasteiger partial charge is 0.255 e. The lowest BCUT2D eigenvalue weighted by atomic mass is 10.2. The van der Waals surface area contributed by atoms with E-state index in [4.69, 9.17) is 0 Å². The Labute approximate surface area is 194 Å². The molecule has 8 nitrogen and oxygen atoms in total. The molecule has 2 fully saturated rings. The van der Waals surface area contributed by atoms with Gasteiger partial charge in [-0.25, -0.2) is 18.7 Å². The minimum absolute atomic E-state index is 0.221. The van der Waals surface area contributed by atoms with E-state index in [1.54, 1.807) is 13.1 Å². The minimum Gasteiger partial charge on any atom is -0.342 e. The highest BCUT2D eigenvalue weighted by Crippen LogP contribution is 2.50. The first-order chi connectivity index (χ1) is 16.3. The number of aromatic nitrogens is 5. The van der Waals surface area contributed by atoms with Gasteiger partial charge in [0, 0.05) is 76.0 Å². The SMILES string of the molecule is CN(c1nc(-c2ccncc2F)cc(=O)n1C)C1[C@H]2CN(c3nc4cc(F)ccc4n3C)C[C@@H]12. The van der Waals surface area contributed by atoms with Crippen LogP contribution in [-0.2, 0) is 14.1 Å². The van der Waals surface area contributed by atoms with Crippen LogP contribution in [0, 0.1) is 23.5 Å². The summed E-state index contributed by atoms with van der Waals surface area (Å²) < 4.78 is 31.4. The van der Waals surface area contributed by atoms with E-state index in [2.05, 4.69) is 19.9 Å². The normalized spacial score (nSPS) is 21.2. The van der Waals surface area contributed by atoms with E-state index in [1.807, 2.05) is 23.6 Å². The number of piperidine rings is 1. The summed E-state index contributed by atoms with van der Waals surface area (Å²) in [5, 5.41) is 0. The van der Waals surface area contributed by atoms with Gasteiger partial charge < -0.3 is 14.4 Å². The Morgan fingerprint density at radius 2 is 1.79 bits per heavy atom. The van der Waals surface area contributed by atoms with Crippen molar-refractivity contribution in [2.24, 2.45) is 25.9 Å². The van der Waals surface area contributed by atoms with Gasteiger partial charge in [-0.15, -0.1) is 0 Å². The number of hydrogen-bond acceptors (Lipinski definition) is 6. The molecular formula is C24H23F2N7O. The lowest BCUT2D eigenvalue weighted by molar-refractivity contribution is 0.623. The Morgan fingerprint density at radius 1 is 1.03 bits per heavy atom. The first kappa shape index (κ1) is 20.8. The van der Waals surface area contributed by atoms with E-state index in [-0.39, 0.29) is 23.0 Å². The summed E-state index contributed by atoms with van der Waals surface area (Å²) in [5.41, 5.74) is 1.84. The van der Waals surface area contributed by atoms with Crippen LogP contribution in [0.1, 0.15) is 0 Å². The zero-order valence-electron chi connectivity index (χ0n) is 19.0. The molecule has 4 heterocycles. The highest BCUT2D eigenvalue weighted by Gasteiger charge is 2.59. The molecule has 1 unspecified atom stereocenters. The van der Waals surface area contributed by atoms with Crippen molar-refractivity contribution in [1.82, 2.24) is 24.1 Å². The van der Waals surface area contributed by atoms with Crippen molar-refractivity contribution in [2.45, 2.75) is 6.04 Å². The van der Waals surface area contributed by atoms with Crippen molar-refractivity contribution in [2.75, 3.05) is 29.9 Å². The number of benzene rings is 1. The quantitative estimate of drug-likeness (QED) is 0.463. The van der Waals surface area contributed by atoms with Crippen LogP contribution in [0.4, 0.5) is 20.7 Å². The van der Waals surface area contributed by atoms with Crippen LogP contribution in [0.2, 0.25) is 0 Å². The molecule has 4 aromatic rings. The first-order valence-electron chi connectivity index (χ1n) is 11.1. The minimum atomic E-state index is -0.516. The molecule has 0 radical (unpaired) electrons. The molecule has 1 aromatic carbocycles. The Balaban J connectivity index is 1.25. The van der Waals surface area contributed by atoms with Crippen molar-refractivity contribution in [3.63, 3.8) is 0 Å². The Hall–Kier alpha value is -3.82. The number of anilines is 2. The van der Waals surface area contributed by atoms with Gasteiger partial charge in [-0.1, -0.05) is 0 Å². The van der Waals surface area contributed by atoms with Crippen molar-refractivity contribution in [1.29, 1.82) is 0 Å². The van der Waals surface area contributed by atoms with Gasteiger partial charge in [0.15, 0.2) is 5.82 Å². The maximum atomic E-state index is 14.3. The molecule has 0 bridgehead atoms. The van der Waals surface area contributed by atoms with Crippen LogP contribution < -0.4 is 15.4 Å². The topological polar surface area (TPSA) is 72.1 Å². The monoisotopic (exact) mass is 463 g/mol. The molecule has 0 spiro atoms. The van der Waals surface area contributed by atoms with Crippen LogP contribution in [0.25, 0.3) is 22.3 Å². The van der Waals surface area contributed by atoms with Crippen molar-refractivity contribution < 1.29 is 8.78 Å². The van der Waals surface area contributed by atoms with Gasteiger partial charge in [0.05, 0.1) is 22.9 Å². The first-order valence-corrected chi connectivity index (χ1v) is 11.1. The molecule has 0 amide bonds. The van der Waals surface area contributed by atoms with Gasteiger partial charge in [-0.05, 0) is 18.2 Å². The number of aryl methyl sites for hydroxylation is 1. The predicted molar refractivity (Wildman–Crippen MR) is 125 cm³/mol. The van der Waals surface area contributed by atoms with Gasteiger partial charge in [0.2, 0.25) is 11.9 Å². The molecule has 174 valence electrons. The number of nitrogens with zero attached hydrogens (tertiary/aromatic N) is 7. The van der Waals surface area contributed by atoms with E-state index in [9.17, 15) is 13.6 Å². The summed E-state index contributed by atoms with van der Waals surface area (Å²) in [6.45, 7) is 1.62. The van der Waals surface area contributed by atoms with Crippen LogP contribution in [0.3, 0.4) is 0 Å². The van der Waals surface area contributed by atoms with Crippen LogP contribution in [-0.4, -0.2) is 50.3 Å². The molecule has 1 aliphatic carbocycles. The zero-order valence-corrected chi connectivity index (χ0v) is 19.0. The Kier molecular flexibility index (Phi) is 4.48. The highest BCUT2D eigenvalue weighted by molar-refractivity contribution is 5.79. The molecule has 1 aliphatic heterocycles. The summed E-state index contributed by atoms with van der Waals surface area (Å²) in [4.78, 5) is 30.0. The van der Waals surface area contributed by atoms with E-state index >= 15 is 0 Å². The third-order valence-electron chi connectivity index (χ3n) is 7.17. The molecule has 34 heavy (non-hydrogen) atoms. The van der Waals surface area contributed by atoms with E-state index in [1.165, 1.54) is 35.0 Å². The molecule has 10 heteroatoms. The molecule has 1 saturated carbocycles. The Bertz CT molecular complexity index is 1480. The van der Waals surface area contributed by atoms with Gasteiger partial charge in [0.1, 0.15) is 5.82 Å². The van der Waals surface area contributed by atoms with Gasteiger partial charge in [-0.2, -0.15) is 0 Å². The number of pyridine rings is 1. The second kappa shape index (κ2) is 7.34. The van der Waals surface area contributed by atoms with Gasteiger partial charge in [0.25, 0.3) is 5.56 Å². The number of hydrogen-bond donors (Lipinski definition) is 0. The summed E-state index contributed by atoms with van der Waals surface area (Å²) in [6, 6.07) is 7.74. The lowest BCUT2D eigenvalue weighted by Crippen LogP contribution is -2.36. The fourth-order valence-electron chi connectivity index (χ4n) is 5.37. The summed E-state index contributed by atoms with van der Waals surface area (Å²) in [5.74, 6) is 1.30. The highest BCUT2D eigenvalue weighted by atomic mass is 19.1. The molecule has 0 N–H and O–H groups in total. The van der Waals surface area contributed by atoms with Crippen LogP contribution in [0.15, 0.2) is 47.5 Å². The summed E-state index contributed by atoms with van der Waals surface area (Å²) in [7, 11) is 5.55. The molecule has 6 rings (SSSR count). The number of halogens is 2. The van der Waals surface area contributed by atoms with E-state index in [0.717, 1.165) is 30.8 Å². The molecule has 3 aromatic heterocycles.